The number of para-hydroxylation sites is 1. The molecule has 0 bridgehead atoms. The zero-order valence-corrected chi connectivity index (χ0v) is 11.9. The number of carboxylic acid groups (broad SMARTS) is 2. The Bertz CT molecular complexity index is 755. The Hall–Kier alpha value is -3.16. The van der Waals surface area contributed by atoms with Crippen LogP contribution >= 0.6 is 0 Å². The molecule has 0 saturated heterocycles. The fourth-order valence-electron chi connectivity index (χ4n) is 1.73. The third-order valence-corrected chi connectivity index (χ3v) is 2.81. The van der Waals surface area contributed by atoms with E-state index in [1.165, 1.54) is 0 Å². The maximum atomic E-state index is 10.9. The lowest BCUT2D eigenvalue weighted by Gasteiger charge is -2.13. The molecule has 2 aromatic rings. The minimum absolute atomic E-state index is 0.328. The summed E-state index contributed by atoms with van der Waals surface area (Å²) in [6.45, 7) is 0. The highest BCUT2D eigenvalue weighted by atomic mass is 16.4. The molecule has 0 amide bonds. The summed E-state index contributed by atoms with van der Waals surface area (Å²) in [5.74, 6) is -2.33. The Morgan fingerprint density at radius 3 is 2.36 bits per heavy atom. The molecule has 0 unspecified atom stereocenters. The topological polar surface area (TPSA) is 116 Å². The summed E-state index contributed by atoms with van der Waals surface area (Å²) in [7, 11) is 3.54. The van der Waals surface area contributed by atoms with Gasteiger partial charge >= 0.3 is 11.9 Å². The van der Waals surface area contributed by atoms with Crippen LogP contribution in [0.15, 0.2) is 36.0 Å². The molecule has 1 heterocycles. The minimum atomic E-state index is -1.54. The second kappa shape index (κ2) is 6.08. The molecule has 1 aromatic heterocycles. The van der Waals surface area contributed by atoms with Crippen LogP contribution in [-0.2, 0) is 9.59 Å². The molecule has 8 nitrogen and oxygen atoms in total. The van der Waals surface area contributed by atoms with Crippen molar-refractivity contribution in [1.82, 2.24) is 9.97 Å². The maximum Gasteiger partial charge on any atom is 0.344 e. The number of nitrogens with zero attached hydrogens (tertiary/aromatic N) is 3. The van der Waals surface area contributed by atoms with E-state index in [0.29, 0.717) is 22.7 Å². The first-order chi connectivity index (χ1) is 10.4. The number of carboxylic acids is 2. The minimum Gasteiger partial charge on any atom is -0.477 e. The number of hydrogen-bond acceptors (Lipinski definition) is 6. The monoisotopic (exact) mass is 302 g/mol. The third kappa shape index (κ3) is 3.11. The van der Waals surface area contributed by atoms with E-state index in [-0.39, 0.29) is 0 Å². The van der Waals surface area contributed by atoms with Crippen molar-refractivity contribution in [1.29, 1.82) is 0 Å². The van der Waals surface area contributed by atoms with E-state index >= 15 is 0 Å². The first kappa shape index (κ1) is 15.2. The highest BCUT2D eigenvalue weighted by Gasteiger charge is 2.16. The van der Waals surface area contributed by atoms with E-state index < -0.39 is 17.5 Å². The third-order valence-electron chi connectivity index (χ3n) is 2.81. The summed E-state index contributed by atoms with van der Waals surface area (Å²) < 4.78 is 0. The van der Waals surface area contributed by atoms with Crippen molar-refractivity contribution in [2.24, 2.45) is 0 Å². The molecule has 0 aliphatic rings. The molecule has 0 radical (unpaired) electrons. The SMILES string of the molecule is CN(C)c1nc(NC=C(C(=O)O)C(=O)O)c2ccccc2n1. The predicted molar refractivity (Wildman–Crippen MR) is 80.8 cm³/mol. The quantitative estimate of drug-likeness (QED) is 0.428. The van der Waals surface area contributed by atoms with Gasteiger partial charge in [-0.3, -0.25) is 0 Å². The molecule has 8 heteroatoms. The lowest BCUT2D eigenvalue weighted by atomic mass is 10.2. The van der Waals surface area contributed by atoms with Crippen molar-refractivity contribution in [3.05, 3.63) is 36.0 Å². The number of nitrogens with one attached hydrogen (secondary N) is 1. The maximum absolute atomic E-state index is 10.9. The van der Waals surface area contributed by atoms with Crippen LogP contribution in [0.4, 0.5) is 11.8 Å². The molecule has 0 aliphatic heterocycles. The van der Waals surface area contributed by atoms with Crippen LogP contribution in [0.3, 0.4) is 0 Å². The van der Waals surface area contributed by atoms with Crippen molar-refractivity contribution in [3.63, 3.8) is 0 Å². The lowest BCUT2D eigenvalue weighted by molar-refractivity contribution is -0.140. The Morgan fingerprint density at radius 1 is 1.14 bits per heavy atom. The van der Waals surface area contributed by atoms with Gasteiger partial charge in [0.25, 0.3) is 0 Å². The first-order valence-electron chi connectivity index (χ1n) is 6.27. The zero-order valence-electron chi connectivity index (χ0n) is 11.9. The van der Waals surface area contributed by atoms with E-state index in [0.717, 1.165) is 6.20 Å². The fourth-order valence-corrected chi connectivity index (χ4v) is 1.73. The summed E-state index contributed by atoms with van der Waals surface area (Å²) in [5.41, 5.74) is -0.126. The summed E-state index contributed by atoms with van der Waals surface area (Å²) in [6, 6.07) is 7.14. The standard InChI is InChI=1S/C14H14N4O4/c1-18(2)14-16-10-6-4-3-5-8(10)11(17-14)15-7-9(12(19)20)13(21)22/h3-7H,1-2H3,(H,19,20)(H,21,22)(H,15,16,17). The van der Waals surface area contributed by atoms with E-state index in [2.05, 4.69) is 15.3 Å². The molecule has 0 atom stereocenters. The number of benzene rings is 1. The van der Waals surface area contributed by atoms with Crippen LogP contribution in [0.25, 0.3) is 10.9 Å². The van der Waals surface area contributed by atoms with Gasteiger partial charge in [0.05, 0.1) is 5.52 Å². The van der Waals surface area contributed by atoms with Gasteiger partial charge in [0, 0.05) is 25.7 Å². The van der Waals surface area contributed by atoms with E-state index in [1.807, 2.05) is 6.07 Å². The highest BCUT2D eigenvalue weighted by molar-refractivity contribution is 6.12. The summed E-state index contributed by atoms with van der Waals surface area (Å²) in [5, 5.41) is 21.0. The van der Waals surface area contributed by atoms with Gasteiger partial charge < -0.3 is 20.4 Å². The van der Waals surface area contributed by atoms with Crippen molar-refractivity contribution < 1.29 is 19.8 Å². The first-order valence-corrected chi connectivity index (χ1v) is 6.27. The Kier molecular flexibility index (Phi) is 4.21. The molecule has 0 saturated carbocycles. The van der Waals surface area contributed by atoms with Gasteiger partial charge in [0.2, 0.25) is 5.95 Å². The van der Waals surface area contributed by atoms with Gasteiger partial charge in [0.1, 0.15) is 5.82 Å². The number of carbonyl (C=O) groups is 2. The van der Waals surface area contributed by atoms with Gasteiger partial charge in [-0.1, -0.05) is 12.1 Å². The molecule has 0 spiro atoms. The summed E-state index contributed by atoms with van der Waals surface area (Å²) in [4.78, 5) is 32.1. The van der Waals surface area contributed by atoms with Crippen molar-refractivity contribution in [2.45, 2.75) is 0 Å². The van der Waals surface area contributed by atoms with E-state index in [9.17, 15) is 9.59 Å². The fraction of sp³-hybridized carbons (Fsp3) is 0.143. The van der Waals surface area contributed by atoms with E-state index in [1.54, 1.807) is 37.2 Å². The summed E-state index contributed by atoms with van der Waals surface area (Å²) >= 11 is 0. The number of fused-ring (bicyclic) bond motifs is 1. The molecular weight excluding hydrogens is 288 g/mol. The molecular formula is C14H14N4O4. The predicted octanol–water partition coefficient (Wildman–Crippen LogP) is 1.16. The Balaban J connectivity index is 2.52. The normalized spacial score (nSPS) is 10.1. The van der Waals surface area contributed by atoms with Crippen LogP contribution in [0, 0.1) is 0 Å². The molecule has 114 valence electrons. The van der Waals surface area contributed by atoms with Gasteiger partial charge in [-0.25, -0.2) is 14.6 Å². The number of hydrogen-bond donors (Lipinski definition) is 3. The molecule has 1 aromatic carbocycles. The van der Waals surface area contributed by atoms with Gasteiger partial charge in [-0.15, -0.1) is 0 Å². The van der Waals surface area contributed by atoms with Gasteiger partial charge in [0.15, 0.2) is 5.57 Å². The van der Waals surface area contributed by atoms with Crippen molar-refractivity contribution >= 4 is 34.6 Å². The summed E-state index contributed by atoms with van der Waals surface area (Å²) in [6.07, 6.45) is 0.902. The van der Waals surface area contributed by atoms with Crippen LogP contribution in [0.5, 0.6) is 0 Å². The highest BCUT2D eigenvalue weighted by Crippen LogP contribution is 2.22. The smallest absolute Gasteiger partial charge is 0.344 e. The van der Waals surface area contributed by atoms with E-state index in [4.69, 9.17) is 10.2 Å². The largest absolute Gasteiger partial charge is 0.477 e. The number of aromatic nitrogens is 2. The number of aliphatic carboxylic acids is 2. The molecule has 0 fully saturated rings. The lowest BCUT2D eigenvalue weighted by Crippen LogP contribution is -2.15. The van der Waals surface area contributed by atoms with Crippen molar-refractivity contribution in [3.8, 4) is 0 Å². The molecule has 0 aliphatic carbocycles. The molecule has 3 N–H and O–H groups in total. The number of anilines is 2. The Morgan fingerprint density at radius 2 is 1.77 bits per heavy atom. The second-order valence-corrected chi connectivity index (χ2v) is 4.60. The van der Waals surface area contributed by atoms with Gasteiger partial charge in [-0.2, -0.15) is 4.98 Å². The average molecular weight is 302 g/mol. The Labute approximate surface area is 125 Å². The average Bonchev–Trinajstić information content (AvgIpc) is 2.46. The molecule has 22 heavy (non-hydrogen) atoms. The van der Waals surface area contributed by atoms with Crippen LogP contribution in [0.1, 0.15) is 0 Å². The van der Waals surface area contributed by atoms with Crippen LogP contribution in [-0.4, -0.2) is 46.2 Å². The zero-order chi connectivity index (χ0) is 16.3. The second-order valence-electron chi connectivity index (χ2n) is 4.60. The van der Waals surface area contributed by atoms with Crippen molar-refractivity contribution in [2.75, 3.05) is 24.3 Å². The molecule has 2 rings (SSSR count). The van der Waals surface area contributed by atoms with Crippen LogP contribution in [0.2, 0.25) is 0 Å². The van der Waals surface area contributed by atoms with Crippen LogP contribution < -0.4 is 10.2 Å². The van der Waals surface area contributed by atoms with Gasteiger partial charge in [-0.05, 0) is 12.1 Å². The number of rotatable bonds is 5.